The maximum Gasteiger partial charge on any atom is 0.338 e. The lowest BCUT2D eigenvalue weighted by molar-refractivity contribution is -0.130. The van der Waals surface area contributed by atoms with Crippen molar-refractivity contribution in [3.05, 3.63) is 84.0 Å². The van der Waals surface area contributed by atoms with Crippen molar-refractivity contribution in [2.75, 3.05) is 0 Å². The van der Waals surface area contributed by atoms with E-state index in [0.29, 0.717) is 34.5 Å². The predicted octanol–water partition coefficient (Wildman–Crippen LogP) is 6.34. The third kappa shape index (κ3) is 4.85. The molecule has 0 spiro atoms. The lowest BCUT2D eigenvalue weighted by Gasteiger charge is -2.16. The van der Waals surface area contributed by atoms with Crippen molar-refractivity contribution < 1.29 is 19.1 Å². The van der Waals surface area contributed by atoms with E-state index in [-0.39, 0.29) is 11.9 Å². The fourth-order valence-electron chi connectivity index (χ4n) is 5.17. The highest BCUT2D eigenvalue weighted by Gasteiger charge is 2.42. The largest absolute Gasteiger partial charge is 0.423 e. The van der Waals surface area contributed by atoms with Crippen LogP contribution >= 0.6 is 0 Å². The summed E-state index contributed by atoms with van der Waals surface area (Å²) in [5, 5.41) is 0. The molecule has 0 saturated heterocycles. The summed E-state index contributed by atoms with van der Waals surface area (Å²) >= 11 is 0. The van der Waals surface area contributed by atoms with Gasteiger partial charge in [-0.05, 0) is 98.6 Å². The molecule has 0 bridgehead atoms. The molecule has 2 aromatic carbocycles. The van der Waals surface area contributed by atoms with E-state index < -0.39 is 0 Å². The summed E-state index contributed by atoms with van der Waals surface area (Å²) in [6.45, 7) is 10.5. The smallest absolute Gasteiger partial charge is 0.338 e. The molecule has 4 rings (SSSR count). The third-order valence-electron chi connectivity index (χ3n) is 6.84. The van der Waals surface area contributed by atoms with Gasteiger partial charge in [-0.25, -0.2) is 9.59 Å². The second-order valence-corrected chi connectivity index (χ2v) is 9.33. The van der Waals surface area contributed by atoms with Crippen molar-refractivity contribution in [1.29, 1.82) is 0 Å². The van der Waals surface area contributed by atoms with Crippen LogP contribution in [-0.4, -0.2) is 11.9 Å². The first-order valence-corrected chi connectivity index (χ1v) is 11.3. The van der Waals surface area contributed by atoms with E-state index in [1.165, 1.54) is 36.8 Å². The van der Waals surface area contributed by atoms with Gasteiger partial charge in [0.15, 0.2) is 0 Å². The molecule has 2 fully saturated rings. The van der Waals surface area contributed by atoms with Gasteiger partial charge in [0, 0.05) is 11.1 Å². The summed E-state index contributed by atoms with van der Waals surface area (Å²) in [4.78, 5) is 23.4. The predicted molar refractivity (Wildman–Crippen MR) is 125 cm³/mol. The van der Waals surface area contributed by atoms with Crippen molar-refractivity contribution in [1.82, 2.24) is 0 Å². The lowest BCUT2D eigenvalue weighted by atomic mass is 9.89. The minimum atomic E-state index is -0.388. The van der Waals surface area contributed by atoms with Crippen molar-refractivity contribution in [2.45, 2.75) is 51.4 Å². The highest BCUT2D eigenvalue weighted by atomic mass is 16.5. The van der Waals surface area contributed by atoms with Gasteiger partial charge in [0.2, 0.25) is 0 Å². The zero-order chi connectivity index (χ0) is 22.8. The van der Waals surface area contributed by atoms with Crippen LogP contribution in [0.1, 0.15) is 62.5 Å². The third-order valence-corrected chi connectivity index (χ3v) is 6.84. The molecule has 2 aliphatic rings. The molecule has 4 heteroatoms. The maximum absolute atomic E-state index is 11.7. The van der Waals surface area contributed by atoms with E-state index in [2.05, 4.69) is 37.4 Å². The number of esters is 2. The molecule has 0 N–H and O–H groups in total. The Kier molecular flexibility index (Phi) is 6.31. The molecule has 0 radical (unpaired) electrons. The molecule has 166 valence electrons. The van der Waals surface area contributed by atoms with Gasteiger partial charge in [0.1, 0.15) is 11.5 Å². The van der Waals surface area contributed by atoms with Gasteiger partial charge < -0.3 is 9.47 Å². The summed E-state index contributed by atoms with van der Waals surface area (Å²) in [6.07, 6.45) is 4.83. The quantitative estimate of drug-likeness (QED) is 0.305. The Labute approximate surface area is 189 Å². The zero-order valence-electron chi connectivity index (χ0n) is 18.8. The Morgan fingerprint density at radius 2 is 0.969 bits per heavy atom. The molecule has 0 heterocycles. The molecule has 0 atom stereocenters. The van der Waals surface area contributed by atoms with Crippen molar-refractivity contribution >= 4 is 11.9 Å². The van der Waals surface area contributed by atoms with Gasteiger partial charge in [-0.15, -0.1) is 0 Å². The Hall–Kier alpha value is -3.14. The number of fused-ring (bicyclic) bond motifs is 1. The van der Waals surface area contributed by atoms with Crippen molar-refractivity contribution in [3.63, 3.8) is 0 Å². The topological polar surface area (TPSA) is 52.6 Å². The molecule has 0 unspecified atom stereocenters. The Bertz CT molecular complexity index is 935. The number of carbonyl (C=O) groups excluding carboxylic acids is 2. The van der Waals surface area contributed by atoms with Crippen LogP contribution < -0.4 is 9.47 Å². The van der Waals surface area contributed by atoms with E-state index in [4.69, 9.17) is 9.47 Å². The number of rotatable bonds is 6. The highest BCUT2D eigenvalue weighted by molar-refractivity contribution is 5.89. The molecule has 2 saturated carbocycles. The molecule has 0 amide bonds. The van der Waals surface area contributed by atoms with Gasteiger partial charge in [-0.3, -0.25) is 0 Å². The van der Waals surface area contributed by atoms with Crippen LogP contribution in [0.2, 0.25) is 0 Å². The second-order valence-electron chi connectivity index (χ2n) is 9.33. The summed E-state index contributed by atoms with van der Waals surface area (Å²) in [5.41, 5.74) is 3.45. The maximum atomic E-state index is 11.7. The van der Waals surface area contributed by atoms with Crippen LogP contribution in [0.25, 0.3) is 0 Å². The first-order valence-electron chi connectivity index (χ1n) is 11.3. The average molecular weight is 431 g/mol. The zero-order valence-corrected chi connectivity index (χ0v) is 18.8. The first kappa shape index (κ1) is 22.1. The number of ether oxygens (including phenoxy) is 2. The SMILES string of the molecule is C=C(C)C(=O)Oc1ccc(C2CC3CC(c4ccc(OC(=O)C(=C)C)cc4)CC3C2)cc1. The molecule has 4 nitrogen and oxygen atoms in total. The summed E-state index contributed by atoms with van der Waals surface area (Å²) < 4.78 is 10.6. The second kappa shape index (κ2) is 9.15. The van der Waals surface area contributed by atoms with Crippen LogP contribution in [0.15, 0.2) is 72.8 Å². The highest BCUT2D eigenvalue weighted by Crippen LogP contribution is 2.55. The normalized spacial score (nSPS) is 23.9. The summed E-state index contributed by atoms with van der Waals surface area (Å²) in [6, 6.07) is 15.9. The van der Waals surface area contributed by atoms with Crippen LogP contribution in [-0.2, 0) is 9.59 Å². The van der Waals surface area contributed by atoms with E-state index in [0.717, 1.165) is 11.8 Å². The van der Waals surface area contributed by atoms with Gasteiger partial charge in [0.05, 0.1) is 0 Å². The monoisotopic (exact) mass is 430 g/mol. The fourth-order valence-corrected chi connectivity index (χ4v) is 5.17. The molecule has 2 aliphatic carbocycles. The van der Waals surface area contributed by atoms with Gasteiger partial charge in [-0.2, -0.15) is 0 Å². The molecule has 32 heavy (non-hydrogen) atoms. The van der Waals surface area contributed by atoms with Crippen LogP contribution in [0.3, 0.4) is 0 Å². The van der Waals surface area contributed by atoms with Crippen LogP contribution in [0.4, 0.5) is 0 Å². The van der Waals surface area contributed by atoms with Gasteiger partial charge in [-0.1, -0.05) is 37.4 Å². The first-order chi connectivity index (χ1) is 15.3. The standard InChI is InChI=1S/C28H30O4/c1-17(2)27(29)31-25-9-5-19(6-10-25)21-13-23-15-22(16-24(23)14-21)20-7-11-26(12-8-20)32-28(30)18(3)4/h5-12,21-24H,1,3,13-16H2,2,4H3. The molecule has 0 aliphatic heterocycles. The minimum absolute atomic E-state index is 0.388. The Morgan fingerprint density at radius 3 is 1.25 bits per heavy atom. The van der Waals surface area contributed by atoms with Crippen LogP contribution in [0.5, 0.6) is 11.5 Å². The van der Waals surface area contributed by atoms with Crippen molar-refractivity contribution in [2.24, 2.45) is 11.8 Å². The van der Waals surface area contributed by atoms with Gasteiger partial charge in [0.25, 0.3) is 0 Å². The Morgan fingerprint density at radius 1 is 0.656 bits per heavy atom. The number of hydrogen-bond donors (Lipinski definition) is 0. The minimum Gasteiger partial charge on any atom is -0.423 e. The lowest BCUT2D eigenvalue weighted by Crippen LogP contribution is -2.08. The van der Waals surface area contributed by atoms with E-state index in [9.17, 15) is 9.59 Å². The average Bonchev–Trinajstić information content (AvgIpc) is 3.34. The van der Waals surface area contributed by atoms with Gasteiger partial charge >= 0.3 is 11.9 Å². The molecular formula is C28H30O4. The molecule has 2 aromatic rings. The van der Waals surface area contributed by atoms with E-state index >= 15 is 0 Å². The number of hydrogen-bond acceptors (Lipinski definition) is 4. The van der Waals surface area contributed by atoms with Crippen LogP contribution in [0, 0.1) is 11.8 Å². The van der Waals surface area contributed by atoms with Crippen molar-refractivity contribution in [3.8, 4) is 11.5 Å². The fraction of sp³-hybridized carbons (Fsp3) is 0.357. The summed E-state index contributed by atoms with van der Waals surface area (Å²) in [7, 11) is 0. The molecular weight excluding hydrogens is 400 g/mol. The molecule has 0 aromatic heterocycles. The van der Waals surface area contributed by atoms with E-state index in [1.807, 2.05) is 24.3 Å². The summed E-state index contributed by atoms with van der Waals surface area (Å²) in [5.74, 6) is 2.98. The number of carbonyl (C=O) groups is 2. The Balaban J connectivity index is 1.32. The van der Waals surface area contributed by atoms with E-state index in [1.54, 1.807) is 13.8 Å². The number of benzene rings is 2.